The summed E-state index contributed by atoms with van der Waals surface area (Å²) >= 11 is 6.00. The highest BCUT2D eigenvalue weighted by Crippen LogP contribution is 2.24. The summed E-state index contributed by atoms with van der Waals surface area (Å²) < 4.78 is 5.89. The summed E-state index contributed by atoms with van der Waals surface area (Å²) in [6.07, 6.45) is 5.46. The van der Waals surface area contributed by atoms with E-state index in [4.69, 9.17) is 16.0 Å². The van der Waals surface area contributed by atoms with Gasteiger partial charge in [0, 0.05) is 10.6 Å². The Labute approximate surface area is 118 Å². The molecule has 2 N–H and O–H groups in total. The Morgan fingerprint density at radius 3 is 2.79 bits per heavy atom. The van der Waals surface area contributed by atoms with E-state index in [1.165, 1.54) is 25.7 Å². The maximum Gasteiger partial charge on any atom is 0.158 e. The molecule has 3 rings (SSSR count). The SMILES string of the molecule is Clc1cccc(-c2ccc(C[NH2+]C3CCCC3)o2)c1. The van der Waals surface area contributed by atoms with Gasteiger partial charge in [-0.1, -0.05) is 23.7 Å². The van der Waals surface area contributed by atoms with Gasteiger partial charge in [-0.3, -0.25) is 0 Å². The van der Waals surface area contributed by atoms with Crippen molar-refractivity contribution in [3.8, 4) is 11.3 Å². The third kappa shape index (κ3) is 3.20. The first-order valence-corrected chi connectivity index (χ1v) is 7.37. The molecule has 0 radical (unpaired) electrons. The monoisotopic (exact) mass is 276 g/mol. The lowest BCUT2D eigenvalue weighted by Crippen LogP contribution is -2.87. The Bertz CT molecular complexity index is 543. The number of hydrogen-bond acceptors (Lipinski definition) is 1. The van der Waals surface area contributed by atoms with E-state index in [2.05, 4.69) is 11.4 Å². The van der Waals surface area contributed by atoms with Gasteiger partial charge in [0.2, 0.25) is 0 Å². The molecule has 0 saturated heterocycles. The summed E-state index contributed by atoms with van der Waals surface area (Å²) in [7, 11) is 0. The zero-order valence-corrected chi connectivity index (χ0v) is 11.7. The molecule has 0 atom stereocenters. The number of halogens is 1. The van der Waals surface area contributed by atoms with Gasteiger partial charge >= 0.3 is 0 Å². The van der Waals surface area contributed by atoms with Crippen LogP contribution < -0.4 is 5.32 Å². The van der Waals surface area contributed by atoms with Crippen LogP contribution in [0.5, 0.6) is 0 Å². The minimum atomic E-state index is 0.743. The Hall–Kier alpha value is -1.25. The van der Waals surface area contributed by atoms with Crippen LogP contribution in [0.2, 0.25) is 5.02 Å². The van der Waals surface area contributed by atoms with Crippen LogP contribution in [0.3, 0.4) is 0 Å². The summed E-state index contributed by atoms with van der Waals surface area (Å²) in [5.74, 6) is 1.94. The summed E-state index contributed by atoms with van der Waals surface area (Å²) in [5, 5.41) is 3.15. The van der Waals surface area contributed by atoms with E-state index in [9.17, 15) is 0 Å². The molecule has 1 saturated carbocycles. The molecule has 1 aromatic heterocycles. The number of benzene rings is 1. The van der Waals surface area contributed by atoms with Gasteiger partial charge in [0.15, 0.2) is 5.76 Å². The van der Waals surface area contributed by atoms with Gasteiger partial charge in [-0.05, 0) is 49.9 Å². The van der Waals surface area contributed by atoms with Crippen molar-refractivity contribution in [1.29, 1.82) is 0 Å². The van der Waals surface area contributed by atoms with Crippen LogP contribution in [0.15, 0.2) is 40.8 Å². The highest BCUT2D eigenvalue weighted by Gasteiger charge is 2.18. The van der Waals surface area contributed by atoms with Crippen molar-refractivity contribution < 1.29 is 9.73 Å². The molecular weight excluding hydrogens is 258 g/mol. The lowest BCUT2D eigenvalue weighted by molar-refractivity contribution is -0.704. The van der Waals surface area contributed by atoms with Gasteiger partial charge in [-0.25, -0.2) is 0 Å². The second-order valence-corrected chi connectivity index (χ2v) is 5.70. The fourth-order valence-electron chi connectivity index (χ4n) is 2.76. The zero-order chi connectivity index (χ0) is 13.1. The van der Waals surface area contributed by atoms with Crippen LogP contribution in [0, 0.1) is 0 Å². The van der Waals surface area contributed by atoms with Crippen LogP contribution in [-0.2, 0) is 6.54 Å². The number of furan rings is 1. The molecular formula is C16H19ClNO+. The van der Waals surface area contributed by atoms with Crippen molar-refractivity contribution in [1.82, 2.24) is 0 Å². The Morgan fingerprint density at radius 1 is 1.16 bits per heavy atom. The largest absolute Gasteiger partial charge is 0.455 e. The Morgan fingerprint density at radius 2 is 2.00 bits per heavy atom. The number of nitrogens with two attached hydrogens (primary N) is 1. The van der Waals surface area contributed by atoms with Crippen LogP contribution in [0.25, 0.3) is 11.3 Å². The summed E-state index contributed by atoms with van der Waals surface area (Å²) in [5.41, 5.74) is 1.04. The lowest BCUT2D eigenvalue weighted by atomic mass is 10.2. The second-order valence-electron chi connectivity index (χ2n) is 5.26. The van der Waals surface area contributed by atoms with Crippen LogP contribution >= 0.6 is 11.6 Å². The lowest BCUT2D eigenvalue weighted by Gasteiger charge is -2.06. The first kappa shape index (κ1) is 12.8. The minimum Gasteiger partial charge on any atom is -0.455 e. The highest BCUT2D eigenvalue weighted by molar-refractivity contribution is 6.30. The molecule has 1 aliphatic carbocycles. The van der Waals surface area contributed by atoms with Crippen LogP contribution in [0.1, 0.15) is 31.4 Å². The average Bonchev–Trinajstić information content (AvgIpc) is 3.08. The quantitative estimate of drug-likeness (QED) is 0.908. The van der Waals surface area contributed by atoms with Gasteiger partial charge in [0.05, 0.1) is 6.04 Å². The Balaban J connectivity index is 1.65. The smallest absolute Gasteiger partial charge is 0.158 e. The molecule has 2 aromatic rings. The van der Waals surface area contributed by atoms with Gasteiger partial charge in [-0.2, -0.15) is 0 Å². The molecule has 0 unspecified atom stereocenters. The zero-order valence-electron chi connectivity index (χ0n) is 10.9. The van der Waals surface area contributed by atoms with Crippen molar-refractivity contribution in [2.45, 2.75) is 38.3 Å². The van der Waals surface area contributed by atoms with Crippen molar-refractivity contribution in [2.75, 3.05) is 0 Å². The third-order valence-electron chi connectivity index (χ3n) is 3.82. The fourth-order valence-corrected chi connectivity index (χ4v) is 2.95. The average molecular weight is 277 g/mol. The predicted octanol–water partition coefficient (Wildman–Crippen LogP) is 3.61. The van der Waals surface area contributed by atoms with Crippen LogP contribution in [-0.4, -0.2) is 6.04 Å². The molecule has 1 heterocycles. The van der Waals surface area contributed by atoms with E-state index in [0.29, 0.717) is 0 Å². The van der Waals surface area contributed by atoms with Gasteiger partial charge in [-0.15, -0.1) is 0 Å². The van der Waals surface area contributed by atoms with Gasteiger partial charge in [0.25, 0.3) is 0 Å². The molecule has 19 heavy (non-hydrogen) atoms. The third-order valence-corrected chi connectivity index (χ3v) is 4.06. The standard InChI is InChI=1S/C16H18ClNO/c17-13-5-3-4-12(10-13)16-9-8-15(19-16)11-18-14-6-1-2-7-14/h3-5,8-10,14,18H,1-2,6-7,11H2/p+1. The molecule has 0 bridgehead atoms. The maximum atomic E-state index is 6.00. The number of hydrogen-bond donors (Lipinski definition) is 1. The molecule has 0 amide bonds. The maximum absolute atomic E-state index is 6.00. The van der Waals surface area contributed by atoms with Crippen molar-refractivity contribution >= 4 is 11.6 Å². The van der Waals surface area contributed by atoms with Crippen LogP contribution in [0.4, 0.5) is 0 Å². The molecule has 0 aliphatic heterocycles. The van der Waals surface area contributed by atoms with Crippen molar-refractivity contribution in [3.05, 3.63) is 47.2 Å². The highest BCUT2D eigenvalue weighted by atomic mass is 35.5. The van der Waals surface area contributed by atoms with Gasteiger partial charge in [0.1, 0.15) is 12.3 Å². The normalized spacial score (nSPS) is 16.1. The second kappa shape index (κ2) is 5.81. The van der Waals surface area contributed by atoms with E-state index in [-0.39, 0.29) is 0 Å². The predicted molar refractivity (Wildman–Crippen MR) is 77.0 cm³/mol. The topological polar surface area (TPSA) is 29.8 Å². The van der Waals surface area contributed by atoms with E-state index in [0.717, 1.165) is 34.7 Å². The summed E-state index contributed by atoms with van der Waals surface area (Å²) in [6, 6.07) is 12.7. The molecule has 1 aliphatic rings. The van der Waals surface area contributed by atoms with E-state index in [1.807, 2.05) is 30.3 Å². The molecule has 0 spiro atoms. The first-order chi connectivity index (χ1) is 9.31. The van der Waals surface area contributed by atoms with E-state index < -0.39 is 0 Å². The summed E-state index contributed by atoms with van der Waals surface area (Å²) in [6.45, 7) is 0.936. The van der Waals surface area contributed by atoms with Gasteiger partial charge < -0.3 is 9.73 Å². The number of quaternary nitrogens is 1. The van der Waals surface area contributed by atoms with E-state index >= 15 is 0 Å². The fraction of sp³-hybridized carbons (Fsp3) is 0.375. The van der Waals surface area contributed by atoms with E-state index in [1.54, 1.807) is 0 Å². The summed E-state index contributed by atoms with van der Waals surface area (Å²) in [4.78, 5) is 0. The molecule has 3 heteroatoms. The molecule has 2 nitrogen and oxygen atoms in total. The minimum absolute atomic E-state index is 0.743. The Kier molecular flexibility index (Phi) is 3.90. The first-order valence-electron chi connectivity index (χ1n) is 6.99. The number of rotatable bonds is 4. The van der Waals surface area contributed by atoms with Crippen molar-refractivity contribution in [3.63, 3.8) is 0 Å². The van der Waals surface area contributed by atoms with Crippen molar-refractivity contribution in [2.24, 2.45) is 0 Å². The molecule has 1 aromatic carbocycles. The molecule has 100 valence electrons. The molecule has 1 fully saturated rings.